The van der Waals surface area contributed by atoms with Gasteiger partial charge in [-0.25, -0.2) is 0 Å². The van der Waals surface area contributed by atoms with Gasteiger partial charge in [-0.05, 0) is 67.6 Å². The summed E-state index contributed by atoms with van der Waals surface area (Å²) in [7, 11) is 5.09. The molecule has 0 spiro atoms. The highest BCUT2D eigenvalue weighted by Gasteiger charge is 2.38. The monoisotopic (exact) mass is 794 g/mol. The number of ether oxygens (including phenoxy) is 3. The van der Waals surface area contributed by atoms with Crippen molar-refractivity contribution < 1.29 is 34.3 Å². The molecule has 0 amide bonds. The first kappa shape index (κ1) is 41.4. The number of nitrogens with one attached hydrogen (secondary N) is 2. The van der Waals surface area contributed by atoms with Crippen LogP contribution in [-0.2, 0) is 30.5 Å². The number of nitrogens with zero attached hydrogens (tertiary/aromatic N) is 1. The molecule has 2 bridgehead atoms. The predicted octanol–water partition coefficient (Wildman–Crippen LogP) is 5.26. The van der Waals surface area contributed by atoms with Crippen molar-refractivity contribution in [2.24, 2.45) is 28.5 Å². The summed E-state index contributed by atoms with van der Waals surface area (Å²) in [6.45, 7) is 5.07. The number of aromatic hydroxyl groups is 1. The maximum absolute atomic E-state index is 13.1. The molecule has 11 nitrogen and oxygen atoms in total. The number of phenols is 1. The fourth-order valence-corrected chi connectivity index (χ4v) is 10.9. The van der Waals surface area contributed by atoms with Gasteiger partial charge in [-0.2, -0.15) is 0 Å². The van der Waals surface area contributed by atoms with Crippen LogP contribution in [0.25, 0.3) is 0 Å². The number of guanidine groups is 1. The van der Waals surface area contributed by atoms with E-state index >= 15 is 0 Å². The van der Waals surface area contributed by atoms with Gasteiger partial charge in [0.25, 0.3) is 0 Å². The third-order valence-corrected chi connectivity index (χ3v) is 13.9. The number of ketones is 1. The van der Waals surface area contributed by atoms with E-state index in [2.05, 4.69) is 42.4 Å². The number of phenolic OH excluding ortho intramolecular Hbond substituents is 1. The van der Waals surface area contributed by atoms with Crippen LogP contribution in [-0.4, -0.2) is 83.4 Å². The molecule has 4 aliphatic rings. The van der Waals surface area contributed by atoms with Gasteiger partial charge in [0.05, 0.1) is 18.8 Å². The molecule has 300 valence electrons. The van der Waals surface area contributed by atoms with Gasteiger partial charge < -0.3 is 40.6 Å². The first-order valence-electron chi connectivity index (χ1n) is 19.9. The van der Waals surface area contributed by atoms with E-state index in [1.165, 1.54) is 26.4 Å². The number of aliphatic hydroxyl groups is 2. The van der Waals surface area contributed by atoms with E-state index in [4.69, 9.17) is 24.9 Å². The molecule has 1 saturated carbocycles. The normalized spacial score (nSPS) is 25.7. The van der Waals surface area contributed by atoms with Gasteiger partial charge >= 0.3 is 0 Å². The average molecular weight is 795 g/mol. The summed E-state index contributed by atoms with van der Waals surface area (Å²) in [5, 5.41) is 40.5. The average Bonchev–Trinajstić information content (AvgIpc) is 3.17. The van der Waals surface area contributed by atoms with Crippen molar-refractivity contribution in [2.45, 2.75) is 115 Å². The molecule has 0 saturated heterocycles. The van der Waals surface area contributed by atoms with Crippen molar-refractivity contribution in [1.82, 2.24) is 10.6 Å². The molecule has 13 heteroatoms. The Hall–Kier alpha value is -3.28. The molecule has 2 aromatic carbocycles. The Morgan fingerprint density at radius 2 is 1.84 bits per heavy atom. The number of hydrogen-bond acceptors (Lipinski definition) is 13. The van der Waals surface area contributed by atoms with Crippen LogP contribution < -0.4 is 30.6 Å². The van der Waals surface area contributed by atoms with Gasteiger partial charge in [-0.15, -0.1) is 0 Å². The van der Waals surface area contributed by atoms with E-state index in [1.807, 2.05) is 10.8 Å². The van der Waals surface area contributed by atoms with Gasteiger partial charge in [-0.3, -0.25) is 15.1 Å². The number of carbonyl (C=O) groups is 1. The Labute approximate surface area is 333 Å². The number of fused-ring (bicyclic) bond motifs is 5. The number of nitrogens with two attached hydrogens (primary N) is 1. The van der Waals surface area contributed by atoms with Gasteiger partial charge in [0.15, 0.2) is 29.0 Å². The van der Waals surface area contributed by atoms with E-state index in [9.17, 15) is 20.1 Å². The second-order valence-corrected chi connectivity index (χ2v) is 18.2. The van der Waals surface area contributed by atoms with Crippen molar-refractivity contribution in [3.63, 3.8) is 0 Å². The number of methoxy groups -OCH3 is 1. The van der Waals surface area contributed by atoms with Gasteiger partial charge in [-0.1, -0.05) is 78.7 Å². The maximum Gasteiger partial charge on any atom is 0.201 e. The number of Topliss-reactive ketones (excluding diaryl/α,β-unsaturated/α-hetero) is 1. The Morgan fingerprint density at radius 3 is 2.62 bits per heavy atom. The van der Waals surface area contributed by atoms with Gasteiger partial charge in [0.2, 0.25) is 6.29 Å². The molecular weight excluding hydrogens is 737 g/mol. The SMILES string of the molecule is COc1c(O)ccc2c1C#CCc1cc(c3c(c1OCNC1CCCCC1)O[C@H](O)[C@@H]([C@@H]1CN=C(N)N[C@H](C(C)C)CSSC1)C3)CC[C@@H](O)CC(=O)CC2. The van der Waals surface area contributed by atoms with Crippen LogP contribution in [0.4, 0.5) is 0 Å². The molecule has 7 N–H and O–H groups in total. The number of aryl methyl sites for hydroxylation is 2. The summed E-state index contributed by atoms with van der Waals surface area (Å²) >= 11 is 0. The van der Waals surface area contributed by atoms with Crippen LogP contribution in [0.2, 0.25) is 0 Å². The smallest absolute Gasteiger partial charge is 0.201 e. The summed E-state index contributed by atoms with van der Waals surface area (Å²) in [6.07, 6.45) is 6.30. The zero-order valence-corrected chi connectivity index (χ0v) is 34.0. The Bertz CT molecular complexity index is 1740. The minimum Gasteiger partial charge on any atom is -0.504 e. The van der Waals surface area contributed by atoms with Crippen LogP contribution in [0.5, 0.6) is 23.0 Å². The fourth-order valence-electron chi connectivity index (χ4n) is 8.01. The number of aliphatic imine (C=N–C) groups is 1. The van der Waals surface area contributed by atoms with Crippen LogP contribution >= 0.6 is 21.6 Å². The van der Waals surface area contributed by atoms with Crippen LogP contribution in [0, 0.1) is 29.6 Å². The lowest BCUT2D eigenvalue weighted by Crippen LogP contribution is -2.45. The third kappa shape index (κ3) is 10.8. The summed E-state index contributed by atoms with van der Waals surface area (Å²) in [4.78, 5) is 17.8. The van der Waals surface area contributed by atoms with Gasteiger partial charge in [0.1, 0.15) is 12.5 Å². The van der Waals surface area contributed by atoms with Crippen LogP contribution in [0.15, 0.2) is 23.2 Å². The molecule has 2 aliphatic heterocycles. The molecule has 6 rings (SSSR count). The summed E-state index contributed by atoms with van der Waals surface area (Å²) < 4.78 is 18.7. The molecule has 2 aromatic rings. The number of rotatable bonds is 7. The number of aliphatic hydroxyl groups excluding tert-OH is 2. The summed E-state index contributed by atoms with van der Waals surface area (Å²) in [6, 6.07) is 6.02. The van der Waals surface area contributed by atoms with E-state index < -0.39 is 12.4 Å². The quantitative estimate of drug-likeness (QED) is 0.122. The molecule has 0 aromatic heterocycles. The lowest BCUT2D eigenvalue weighted by atomic mass is 9.81. The second-order valence-electron chi connectivity index (χ2n) is 15.7. The van der Waals surface area contributed by atoms with E-state index in [1.54, 1.807) is 22.9 Å². The second kappa shape index (κ2) is 19.7. The molecule has 5 atom stereocenters. The topological polar surface area (TPSA) is 168 Å². The highest BCUT2D eigenvalue weighted by atomic mass is 33.1. The number of benzene rings is 2. The van der Waals surface area contributed by atoms with E-state index in [-0.39, 0.29) is 61.2 Å². The van der Waals surface area contributed by atoms with Crippen molar-refractivity contribution in [2.75, 3.05) is 31.9 Å². The lowest BCUT2D eigenvalue weighted by molar-refractivity contribution is -0.121. The number of carbonyl (C=O) groups excluding carboxylic acids is 1. The Morgan fingerprint density at radius 1 is 1.04 bits per heavy atom. The standard InChI is InChI=1S/C42H58N4O7S2/c1-25(2)36-23-55-54-22-29(21-44-42(43)46-36)35-20-34-27-13-16-32(48)19-31(47)15-12-26-14-17-37(49)39(51-3)33(26)11-7-8-28(18-27)38(40(34)53-41(35)50)52-24-45-30-9-5-4-6-10-30/h14,17-18,25,29-30,32,35-36,41,45,48-50H,4-6,8-10,12-13,15-16,19-24H2,1-3H3,(H3,43,44,46)/t29-,32-,35-,36+,41+/m1/s1. The first-order valence-corrected chi connectivity index (χ1v) is 22.4. The first-order chi connectivity index (χ1) is 26.6. The predicted molar refractivity (Wildman–Crippen MR) is 220 cm³/mol. The molecular formula is C42H58N4O7S2. The largest absolute Gasteiger partial charge is 0.504 e. The number of hydrogen-bond donors (Lipinski definition) is 6. The molecule has 2 heterocycles. The Balaban J connectivity index is 1.38. The lowest BCUT2D eigenvalue weighted by Gasteiger charge is -2.37. The van der Waals surface area contributed by atoms with Crippen molar-refractivity contribution in [3.05, 3.63) is 46.0 Å². The molecule has 0 radical (unpaired) electrons. The van der Waals surface area contributed by atoms with Crippen molar-refractivity contribution >= 4 is 33.3 Å². The minimum absolute atomic E-state index is 0.0244. The van der Waals surface area contributed by atoms with E-state index in [0.29, 0.717) is 67.2 Å². The minimum atomic E-state index is -1.11. The summed E-state index contributed by atoms with van der Waals surface area (Å²) in [5.74, 6) is 9.96. The maximum atomic E-state index is 13.1. The fraction of sp³-hybridized carbons (Fsp3) is 0.619. The molecule has 2 aliphatic carbocycles. The molecule has 0 unspecified atom stereocenters. The zero-order chi connectivity index (χ0) is 38.9. The molecule has 1 fully saturated rings. The summed E-state index contributed by atoms with van der Waals surface area (Å²) in [5.41, 5.74) is 10.4. The van der Waals surface area contributed by atoms with Crippen molar-refractivity contribution in [1.29, 1.82) is 0 Å². The third-order valence-electron chi connectivity index (χ3n) is 11.4. The highest BCUT2D eigenvalue weighted by molar-refractivity contribution is 8.76. The van der Waals surface area contributed by atoms with Crippen molar-refractivity contribution in [3.8, 4) is 34.8 Å². The van der Waals surface area contributed by atoms with Crippen LogP contribution in [0.3, 0.4) is 0 Å². The van der Waals surface area contributed by atoms with Gasteiger partial charge in [0, 0.05) is 66.4 Å². The van der Waals surface area contributed by atoms with E-state index in [0.717, 1.165) is 46.6 Å². The zero-order valence-electron chi connectivity index (χ0n) is 32.4. The highest BCUT2D eigenvalue weighted by Crippen LogP contribution is 2.46. The molecule has 55 heavy (non-hydrogen) atoms. The van der Waals surface area contributed by atoms with Crippen LogP contribution in [0.1, 0.15) is 93.0 Å². The Kier molecular flexibility index (Phi) is 14.8.